The van der Waals surface area contributed by atoms with E-state index in [-0.39, 0.29) is 12.4 Å². The van der Waals surface area contributed by atoms with E-state index in [1.807, 2.05) is 0 Å². The van der Waals surface area contributed by atoms with Gasteiger partial charge in [-0.15, -0.1) is 0 Å². The van der Waals surface area contributed by atoms with Crippen LogP contribution < -0.4 is 0 Å². The molecule has 0 N–H and O–H groups in total. The van der Waals surface area contributed by atoms with Crippen molar-refractivity contribution in [2.75, 3.05) is 6.61 Å². The zero-order chi connectivity index (χ0) is 12.1. The summed E-state index contributed by atoms with van der Waals surface area (Å²) in [5, 5.41) is 0. The van der Waals surface area contributed by atoms with Gasteiger partial charge in [-0.25, -0.2) is 4.79 Å². The van der Waals surface area contributed by atoms with E-state index in [0.29, 0.717) is 5.76 Å². The van der Waals surface area contributed by atoms with Crippen LogP contribution in [-0.2, 0) is 14.3 Å². The molecular weight excluding hydrogens is 212 g/mol. The molecule has 0 aliphatic rings. The number of esters is 2. The molecular formula is C11H14O5. The summed E-state index contributed by atoms with van der Waals surface area (Å²) in [6, 6.07) is 3.08. The molecule has 0 radical (unpaired) electrons. The third kappa shape index (κ3) is 3.12. The molecule has 0 fully saturated rings. The molecule has 16 heavy (non-hydrogen) atoms. The number of furan rings is 1. The van der Waals surface area contributed by atoms with Crippen LogP contribution in [0.2, 0.25) is 0 Å². The second kappa shape index (κ2) is 5.34. The minimum atomic E-state index is -0.524. The van der Waals surface area contributed by atoms with Crippen LogP contribution in [0.1, 0.15) is 43.2 Å². The highest BCUT2D eigenvalue weighted by atomic mass is 16.6. The van der Waals surface area contributed by atoms with Crippen LogP contribution in [0.3, 0.4) is 0 Å². The van der Waals surface area contributed by atoms with Crippen molar-refractivity contribution in [3.8, 4) is 0 Å². The summed E-state index contributed by atoms with van der Waals surface area (Å²) >= 11 is 0. The summed E-state index contributed by atoms with van der Waals surface area (Å²) in [6.07, 6.45) is -0.513. The molecule has 0 amide bonds. The van der Waals surface area contributed by atoms with Gasteiger partial charge >= 0.3 is 11.9 Å². The van der Waals surface area contributed by atoms with Gasteiger partial charge in [0.15, 0.2) is 6.10 Å². The Morgan fingerprint density at radius 2 is 2.12 bits per heavy atom. The Hall–Kier alpha value is -1.78. The molecule has 1 aromatic rings. The maximum atomic E-state index is 11.3. The molecule has 0 aliphatic heterocycles. The summed E-state index contributed by atoms with van der Waals surface area (Å²) in [6.45, 7) is 4.97. The molecule has 0 aliphatic carbocycles. The predicted octanol–water partition coefficient (Wildman–Crippen LogP) is 2.08. The van der Waals surface area contributed by atoms with Crippen LogP contribution in [0.4, 0.5) is 0 Å². The van der Waals surface area contributed by atoms with E-state index in [0.717, 1.165) is 0 Å². The van der Waals surface area contributed by atoms with Gasteiger partial charge in [-0.2, -0.15) is 0 Å². The fourth-order valence-corrected chi connectivity index (χ4v) is 1.19. The van der Waals surface area contributed by atoms with Gasteiger partial charge in [-0.05, 0) is 26.0 Å². The topological polar surface area (TPSA) is 65.7 Å². The zero-order valence-electron chi connectivity index (χ0n) is 9.48. The molecule has 1 atom stereocenters. The summed E-state index contributed by atoms with van der Waals surface area (Å²) < 4.78 is 14.9. The number of carbonyl (C=O) groups excluding carboxylic acids is 2. The van der Waals surface area contributed by atoms with Crippen LogP contribution in [0.25, 0.3) is 0 Å². The standard InChI is InChI=1S/C11H14O5/c1-4-14-11(13)10-6-5-9(16-10)7(2)15-8(3)12/h5-7H,4H2,1-3H3/t7-/m0/s1. The zero-order valence-corrected chi connectivity index (χ0v) is 9.48. The van der Waals surface area contributed by atoms with Gasteiger partial charge < -0.3 is 13.9 Å². The first kappa shape index (κ1) is 12.3. The van der Waals surface area contributed by atoms with Crippen molar-refractivity contribution < 1.29 is 23.5 Å². The molecule has 0 saturated heterocycles. The third-order valence-corrected chi connectivity index (χ3v) is 1.85. The lowest BCUT2D eigenvalue weighted by atomic mass is 10.3. The Labute approximate surface area is 93.3 Å². The molecule has 0 unspecified atom stereocenters. The fraction of sp³-hybridized carbons (Fsp3) is 0.455. The van der Waals surface area contributed by atoms with Crippen molar-refractivity contribution in [1.82, 2.24) is 0 Å². The maximum absolute atomic E-state index is 11.3. The number of hydrogen-bond donors (Lipinski definition) is 0. The van der Waals surface area contributed by atoms with Crippen molar-refractivity contribution in [3.05, 3.63) is 23.7 Å². The molecule has 0 bridgehead atoms. The van der Waals surface area contributed by atoms with Crippen molar-refractivity contribution in [3.63, 3.8) is 0 Å². The van der Waals surface area contributed by atoms with Crippen LogP contribution in [0, 0.1) is 0 Å². The number of rotatable bonds is 4. The maximum Gasteiger partial charge on any atom is 0.374 e. The van der Waals surface area contributed by atoms with E-state index >= 15 is 0 Å². The first-order valence-corrected chi connectivity index (χ1v) is 4.98. The SMILES string of the molecule is CCOC(=O)c1ccc([C@H](C)OC(C)=O)o1. The molecule has 1 heterocycles. The number of hydrogen-bond acceptors (Lipinski definition) is 5. The molecule has 0 saturated carbocycles. The van der Waals surface area contributed by atoms with Crippen LogP contribution >= 0.6 is 0 Å². The Kier molecular flexibility index (Phi) is 4.10. The molecule has 88 valence electrons. The van der Waals surface area contributed by atoms with Crippen LogP contribution in [0.15, 0.2) is 16.5 Å². The lowest BCUT2D eigenvalue weighted by Crippen LogP contribution is -2.05. The highest BCUT2D eigenvalue weighted by Crippen LogP contribution is 2.20. The minimum Gasteiger partial charge on any atom is -0.460 e. The highest BCUT2D eigenvalue weighted by molar-refractivity contribution is 5.86. The van der Waals surface area contributed by atoms with Crippen molar-refractivity contribution >= 4 is 11.9 Å². The summed E-state index contributed by atoms with van der Waals surface area (Å²) in [5.41, 5.74) is 0. The fourth-order valence-electron chi connectivity index (χ4n) is 1.19. The summed E-state index contributed by atoms with van der Waals surface area (Å²) in [4.78, 5) is 22.0. The average Bonchev–Trinajstić information content (AvgIpc) is 2.65. The molecule has 1 aromatic heterocycles. The first-order chi connectivity index (χ1) is 7.54. The predicted molar refractivity (Wildman–Crippen MR) is 54.8 cm³/mol. The van der Waals surface area contributed by atoms with Crippen molar-refractivity contribution in [2.24, 2.45) is 0 Å². The third-order valence-electron chi connectivity index (χ3n) is 1.85. The van der Waals surface area contributed by atoms with Gasteiger partial charge in [0, 0.05) is 6.92 Å². The van der Waals surface area contributed by atoms with Gasteiger partial charge in [0.1, 0.15) is 5.76 Å². The quantitative estimate of drug-likeness (QED) is 0.735. The Morgan fingerprint density at radius 1 is 1.44 bits per heavy atom. The van der Waals surface area contributed by atoms with E-state index < -0.39 is 18.0 Å². The van der Waals surface area contributed by atoms with Gasteiger partial charge in [0.05, 0.1) is 6.61 Å². The Bertz CT molecular complexity index is 379. The van der Waals surface area contributed by atoms with Crippen LogP contribution in [-0.4, -0.2) is 18.5 Å². The number of ether oxygens (including phenoxy) is 2. The minimum absolute atomic E-state index is 0.107. The van der Waals surface area contributed by atoms with E-state index in [2.05, 4.69) is 0 Å². The molecule has 5 nitrogen and oxygen atoms in total. The van der Waals surface area contributed by atoms with Gasteiger partial charge in [0.25, 0.3) is 0 Å². The number of carbonyl (C=O) groups is 2. The second-order valence-electron chi connectivity index (χ2n) is 3.17. The molecule has 0 spiro atoms. The lowest BCUT2D eigenvalue weighted by molar-refractivity contribution is -0.146. The van der Waals surface area contributed by atoms with Gasteiger partial charge in [-0.1, -0.05) is 0 Å². The molecule has 5 heteroatoms. The average molecular weight is 226 g/mol. The largest absolute Gasteiger partial charge is 0.460 e. The van der Waals surface area contributed by atoms with E-state index in [1.54, 1.807) is 19.9 Å². The smallest absolute Gasteiger partial charge is 0.374 e. The van der Waals surface area contributed by atoms with Gasteiger partial charge in [-0.3, -0.25) is 4.79 Å². The Balaban J connectivity index is 2.70. The van der Waals surface area contributed by atoms with E-state index in [1.165, 1.54) is 13.0 Å². The summed E-state index contributed by atoms with van der Waals surface area (Å²) in [5.74, 6) is -0.403. The highest BCUT2D eigenvalue weighted by Gasteiger charge is 2.17. The lowest BCUT2D eigenvalue weighted by Gasteiger charge is -2.07. The molecule has 1 rings (SSSR count). The second-order valence-corrected chi connectivity index (χ2v) is 3.17. The van der Waals surface area contributed by atoms with Crippen molar-refractivity contribution in [1.29, 1.82) is 0 Å². The first-order valence-electron chi connectivity index (χ1n) is 4.98. The monoisotopic (exact) mass is 226 g/mol. The summed E-state index contributed by atoms with van der Waals surface area (Å²) in [7, 11) is 0. The van der Waals surface area contributed by atoms with E-state index in [9.17, 15) is 9.59 Å². The van der Waals surface area contributed by atoms with Crippen LogP contribution in [0.5, 0.6) is 0 Å². The normalized spacial score (nSPS) is 11.9. The van der Waals surface area contributed by atoms with Crippen molar-refractivity contribution in [2.45, 2.75) is 26.9 Å². The van der Waals surface area contributed by atoms with E-state index in [4.69, 9.17) is 13.9 Å². The van der Waals surface area contributed by atoms with Gasteiger partial charge in [0.2, 0.25) is 5.76 Å². The molecule has 0 aromatic carbocycles. The Morgan fingerprint density at radius 3 is 2.69 bits per heavy atom.